The Kier molecular flexibility index (Phi) is 4.18. The van der Waals surface area contributed by atoms with Gasteiger partial charge < -0.3 is 5.32 Å². The van der Waals surface area contributed by atoms with Crippen molar-refractivity contribution in [2.75, 3.05) is 5.32 Å². The summed E-state index contributed by atoms with van der Waals surface area (Å²) >= 11 is 3.18. The third-order valence-corrected chi connectivity index (χ3v) is 4.26. The van der Waals surface area contributed by atoms with Crippen molar-refractivity contribution in [1.82, 2.24) is 20.0 Å². The molecule has 0 saturated heterocycles. The Bertz CT molecular complexity index is 1110. The largest absolute Gasteiger partial charge is 0.319 e. The third kappa shape index (κ3) is 3.06. The highest BCUT2D eigenvalue weighted by atomic mass is 79.9. The summed E-state index contributed by atoms with van der Waals surface area (Å²) in [7, 11) is 0. The average Bonchev–Trinajstić information content (AvgIpc) is 3.08. The van der Waals surface area contributed by atoms with Crippen LogP contribution in [0.15, 0.2) is 65.3 Å². The van der Waals surface area contributed by atoms with E-state index in [1.165, 1.54) is 12.1 Å². The number of fused-ring (bicyclic) bond motifs is 1. The number of pyridine rings is 1. The summed E-state index contributed by atoms with van der Waals surface area (Å²) in [4.78, 5) is 16.6. The molecule has 1 amide bonds. The Hall–Kier alpha value is -3.13. The number of carbonyl (C=O) groups is 1. The van der Waals surface area contributed by atoms with Gasteiger partial charge in [-0.3, -0.25) is 4.79 Å². The number of nitrogens with one attached hydrogen (secondary N) is 1. The molecule has 2 aromatic carbocycles. The van der Waals surface area contributed by atoms with Crippen LogP contribution < -0.4 is 5.32 Å². The molecule has 0 aliphatic heterocycles. The molecule has 6 nitrogen and oxygen atoms in total. The first kappa shape index (κ1) is 16.3. The van der Waals surface area contributed by atoms with Crippen molar-refractivity contribution < 1.29 is 9.18 Å². The fourth-order valence-electron chi connectivity index (χ4n) is 2.48. The molecule has 0 fully saturated rings. The van der Waals surface area contributed by atoms with Crippen molar-refractivity contribution in [3.05, 3.63) is 76.6 Å². The van der Waals surface area contributed by atoms with Crippen molar-refractivity contribution in [2.24, 2.45) is 0 Å². The quantitative estimate of drug-likeness (QED) is 0.553. The molecule has 0 atom stereocenters. The number of aromatic nitrogens is 4. The van der Waals surface area contributed by atoms with E-state index in [1.807, 2.05) is 6.07 Å². The van der Waals surface area contributed by atoms with Crippen molar-refractivity contribution in [2.45, 2.75) is 0 Å². The van der Waals surface area contributed by atoms with Crippen LogP contribution in [-0.2, 0) is 0 Å². The van der Waals surface area contributed by atoms with Gasteiger partial charge in [-0.05, 0) is 54.6 Å². The fraction of sp³-hybridized carbons (Fsp3) is 0. The molecular formula is C18H11BrFN5O. The van der Waals surface area contributed by atoms with Gasteiger partial charge in [0.2, 0.25) is 0 Å². The van der Waals surface area contributed by atoms with E-state index in [9.17, 15) is 9.18 Å². The Balaban J connectivity index is 1.58. The van der Waals surface area contributed by atoms with Crippen LogP contribution in [0.25, 0.3) is 16.9 Å². The van der Waals surface area contributed by atoms with Crippen LogP contribution in [0.1, 0.15) is 10.4 Å². The van der Waals surface area contributed by atoms with Gasteiger partial charge in [-0.25, -0.2) is 9.37 Å². The molecular weight excluding hydrogens is 401 g/mol. The smallest absolute Gasteiger partial charge is 0.255 e. The summed E-state index contributed by atoms with van der Waals surface area (Å²) < 4.78 is 16.0. The zero-order chi connectivity index (χ0) is 18.1. The van der Waals surface area contributed by atoms with Crippen molar-refractivity contribution in [3.63, 3.8) is 0 Å². The van der Waals surface area contributed by atoms with Crippen LogP contribution in [0.3, 0.4) is 0 Å². The lowest BCUT2D eigenvalue weighted by Gasteiger charge is -2.08. The number of carbonyl (C=O) groups excluding carboxylic acids is 1. The second-order valence-corrected chi connectivity index (χ2v) is 6.39. The number of benzene rings is 2. The Morgan fingerprint density at radius 3 is 2.69 bits per heavy atom. The van der Waals surface area contributed by atoms with E-state index in [2.05, 4.69) is 36.5 Å². The van der Waals surface area contributed by atoms with Crippen LogP contribution in [0.5, 0.6) is 0 Å². The van der Waals surface area contributed by atoms with Crippen molar-refractivity contribution in [1.29, 1.82) is 0 Å². The highest BCUT2D eigenvalue weighted by molar-refractivity contribution is 9.10. The fourth-order valence-corrected chi connectivity index (χ4v) is 2.81. The highest BCUT2D eigenvalue weighted by Gasteiger charge is 2.11. The van der Waals surface area contributed by atoms with E-state index in [-0.39, 0.29) is 5.69 Å². The molecule has 0 bridgehead atoms. The first-order valence-electron chi connectivity index (χ1n) is 7.65. The number of halogens is 2. The van der Waals surface area contributed by atoms with Gasteiger partial charge >= 0.3 is 0 Å². The molecule has 2 aromatic heterocycles. The number of rotatable bonds is 3. The van der Waals surface area contributed by atoms with E-state index < -0.39 is 11.7 Å². The zero-order valence-corrected chi connectivity index (χ0v) is 14.8. The van der Waals surface area contributed by atoms with E-state index in [0.717, 1.165) is 5.69 Å². The van der Waals surface area contributed by atoms with Gasteiger partial charge in [0.1, 0.15) is 11.3 Å². The molecule has 4 rings (SSSR count). The monoisotopic (exact) mass is 411 g/mol. The van der Waals surface area contributed by atoms with Crippen LogP contribution in [0.4, 0.5) is 10.1 Å². The normalized spacial score (nSPS) is 10.8. The Morgan fingerprint density at radius 2 is 1.92 bits per heavy atom. The maximum Gasteiger partial charge on any atom is 0.255 e. The molecule has 128 valence electrons. The van der Waals surface area contributed by atoms with Gasteiger partial charge in [-0.15, -0.1) is 5.10 Å². The van der Waals surface area contributed by atoms with Crippen LogP contribution in [0, 0.1) is 5.82 Å². The summed E-state index contributed by atoms with van der Waals surface area (Å²) in [5, 5.41) is 10.7. The Labute approximate surface area is 155 Å². The standard InChI is InChI=1S/C18H11BrFN5O/c19-12-5-8-15(14(20)10-12)22-18(26)11-3-6-13(7-4-11)25-17-16(23-24-25)2-1-9-21-17/h1-10H,(H,22,26). The predicted octanol–water partition coefficient (Wildman–Crippen LogP) is 3.97. The topological polar surface area (TPSA) is 72.7 Å². The van der Waals surface area contributed by atoms with Gasteiger partial charge in [0, 0.05) is 16.2 Å². The molecule has 2 heterocycles. The number of hydrogen-bond acceptors (Lipinski definition) is 4. The predicted molar refractivity (Wildman–Crippen MR) is 98.7 cm³/mol. The molecule has 0 spiro atoms. The first-order valence-corrected chi connectivity index (χ1v) is 8.44. The van der Waals surface area contributed by atoms with Crippen molar-refractivity contribution in [3.8, 4) is 5.69 Å². The molecule has 4 aromatic rings. The van der Waals surface area contributed by atoms with Crippen LogP contribution in [0.2, 0.25) is 0 Å². The minimum absolute atomic E-state index is 0.119. The highest BCUT2D eigenvalue weighted by Crippen LogP contribution is 2.20. The maximum atomic E-state index is 13.9. The molecule has 8 heteroatoms. The average molecular weight is 412 g/mol. The SMILES string of the molecule is O=C(Nc1ccc(Br)cc1F)c1ccc(-n2nnc3cccnc32)cc1. The van der Waals surface area contributed by atoms with E-state index >= 15 is 0 Å². The summed E-state index contributed by atoms with van der Waals surface area (Å²) in [6.07, 6.45) is 1.66. The third-order valence-electron chi connectivity index (χ3n) is 3.76. The Morgan fingerprint density at radius 1 is 1.12 bits per heavy atom. The molecule has 0 radical (unpaired) electrons. The molecule has 0 saturated carbocycles. The van der Waals surface area contributed by atoms with Crippen molar-refractivity contribution >= 4 is 38.7 Å². The van der Waals surface area contributed by atoms with Gasteiger partial charge in [0.05, 0.1) is 11.4 Å². The van der Waals surface area contributed by atoms with Gasteiger partial charge in [0.15, 0.2) is 5.65 Å². The summed E-state index contributed by atoms with van der Waals surface area (Å²) in [6, 6.07) is 14.8. The lowest BCUT2D eigenvalue weighted by Crippen LogP contribution is -2.13. The molecule has 1 N–H and O–H groups in total. The molecule has 0 aliphatic carbocycles. The molecule has 26 heavy (non-hydrogen) atoms. The summed E-state index contributed by atoms with van der Waals surface area (Å²) in [6.45, 7) is 0. The van der Waals surface area contributed by atoms with Gasteiger partial charge in [-0.1, -0.05) is 21.1 Å². The number of hydrogen-bond donors (Lipinski definition) is 1. The minimum Gasteiger partial charge on any atom is -0.319 e. The van der Waals surface area contributed by atoms with Gasteiger partial charge in [0.25, 0.3) is 5.91 Å². The summed E-state index contributed by atoms with van der Waals surface area (Å²) in [5.74, 6) is -0.913. The molecule has 0 unspecified atom stereocenters. The van der Waals surface area contributed by atoms with E-state index in [0.29, 0.717) is 21.2 Å². The zero-order valence-electron chi connectivity index (χ0n) is 13.2. The van der Waals surface area contributed by atoms with Crippen LogP contribution >= 0.6 is 15.9 Å². The van der Waals surface area contributed by atoms with E-state index in [4.69, 9.17) is 0 Å². The van der Waals surface area contributed by atoms with Gasteiger partial charge in [-0.2, -0.15) is 4.68 Å². The second-order valence-electron chi connectivity index (χ2n) is 5.47. The number of anilines is 1. The first-order chi connectivity index (χ1) is 12.6. The lowest BCUT2D eigenvalue weighted by molar-refractivity contribution is 0.102. The molecule has 0 aliphatic rings. The summed E-state index contributed by atoms with van der Waals surface area (Å²) in [5.41, 5.74) is 2.54. The maximum absolute atomic E-state index is 13.9. The second kappa shape index (κ2) is 6.64. The van der Waals surface area contributed by atoms with Crippen LogP contribution in [-0.4, -0.2) is 25.9 Å². The minimum atomic E-state index is -0.510. The number of amides is 1. The lowest BCUT2D eigenvalue weighted by atomic mass is 10.2. The van der Waals surface area contributed by atoms with E-state index in [1.54, 1.807) is 47.3 Å². The number of nitrogens with zero attached hydrogens (tertiary/aromatic N) is 4.